The fourth-order valence-electron chi connectivity index (χ4n) is 1.28. The Hall–Kier alpha value is -0.530. The van der Waals surface area contributed by atoms with Gasteiger partial charge in [-0.05, 0) is 6.42 Å². The second-order valence-corrected chi connectivity index (χ2v) is 4.23. The SMILES string of the molecule is CCCCCCCCN=C(N)C(C)C. The number of nitrogens with two attached hydrogens (primary N) is 1. The minimum Gasteiger partial charge on any atom is -0.387 e. The molecule has 0 atom stereocenters. The standard InChI is InChI=1S/C12H26N2/c1-4-5-6-7-8-9-10-14-12(13)11(2)3/h11H,4-10H2,1-3H3,(H2,13,14). The molecule has 0 aliphatic heterocycles. The maximum atomic E-state index is 5.73. The van der Waals surface area contributed by atoms with Crippen LogP contribution in [0, 0.1) is 5.92 Å². The third kappa shape index (κ3) is 8.09. The molecule has 0 spiro atoms. The molecule has 0 rings (SSSR count). The van der Waals surface area contributed by atoms with E-state index < -0.39 is 0 Å². The van der Waals surface area contributed by atoms with Crippen LogP contribution in [0.1, 0.15) is 59.3 Å². The molecule has 0 unspecified atom stereocenters. The maximum Gasteiger partial charge on any atom is 0.0962 e. The summed E-state index contributed by atoms with van der Waals surface area (Å²) in [6.45, 7) is 7.32. The predicted molar refractivity (Wildman–Crippen MR) is 64.7 cm³/mol. The van der Waals surface area contributed by atoms with E-state index >= 15 is 0 Å². The average molecular weight is 198 g/mol. The van der Waals surface area contributed by atoms with E-state index in [2.05, 4.69) is 25.8 Å². The van der Waals surface area contributed by atoms with E-state index in [1.807, 2.05) is 0 Å². The van der Waals surface area contributed by atoms with E-state index in [9.17, 15) is 0 Å². The number of unbranched alkanes of at least 4 members (excludes halogenated alkanes) is 5. The Bertz CT molecular complexity index is 150. The first-order valence-electron chi connectivity index (χ1n) is 5.98. The Labute approximate surface area is 89.0 Å². The summed E-state index contributed by atoms with van der Waals surface area (Å²) in [7, 11) is 0. The minimum atomic E-state index is 0.398. The van der Waals surface area contributed by atoms with E-state index in [4.69, 9.17) is 5.73 Å². The van der Waals surface area contributed by atoms with Gasteiger partial charge in [-0.1, -0.05) is 52.9 Å². The minimum absolute atomic E-state index is 0.398. The number of amidine groups is 1. The zero-order valence-electron chi connectivity index (χ0n) is 10.1. The quantitative estimate of drug-likeness (QED) is 0.362. The van der Waals surface area contributed by atoms with Crippen molar-refractivity contribution in [3.05, 3.63) is 0 Å². The van der Waals surface area contributed by atoms with Crippen molar-refractivity contribution >= 4 is 5.84 Å². The van der Waals surface area contributed by atoms with Gasteiger partial charge in [-0.25, -0.2) is 0 Å². The van der Waals surface area contributed by atoms with Crippen LogP contribution in [0.15, 0.2) is 4.99 Å². The lowest BCUT2D eigenvalue weighted by Gasteiger charge is -2.03. The van der Waals surface area contributed by atoms with Crippen LogP contribution in [0.25, 0.3) is 0 Å². The number of rotatable bonds is 8. The van der Waals surface area contributed by atoms with E-state index in [-0.39, 0.29) is 0 Å². The number of aliphatic imine (C=N–C) groups is 1. The molecule has 0 aromatic rings. The molecule has 2 N–H and O–H groups in total. The number of hydrogen-bond donors (Lipinski definition) is 1. The topological polar surface area (TPSA) is 38.4 Å². The van der Waals surface area contributed by atoms with Gasteiger partial charge in [-0.15, -0.1) is 0 Å². The molecule has 2 heteroatoms. The number of nitrogens with zero attached hydrogens (tertiary/aromatic N) is 1. The molecule has 0 aliphatic rings. The third-order valence-corrected chi connectivity index (χ3v) is 2.40. The Morgan fingerprint density at radius 2 is 1.64 bits per heavy atom. The smallest absolute Gasteiger partial charge is 0.0962 e. The van der Waals surface area contributed by atoms with Crippen molar-refractivity contribution < 1.29 is 0 Å². The molecule has 0 aromatic heterocycles. The third-order valence-electron chi connectivity index (χ3n) is 2.40. The zero-order valence-corrected chi connectivity index (χ0v) is 10.1. The molecule has 2 nitrogen and oxygen atoms in total. The Balaban J connectivity index is 3.24. The molecule has 84 valence electrons. The van der Waals surface area contributed by atoms with Crippen LogP contribution in [0.2, 0.25) is 0 Å². The Morgan fingerprint density at radius 3 is 2.21 bits per heavy atom. The highest BCUT2D eigenvalue weighted by Crippen LogP contribution is 2.05. The van der Waals surface area contributed by atoms with Gasteiger partial charge in [0, 0.05) is 12.5 Å². The average Bonchev–Trinajstić information content (AvgIpc) is 2.16. The molecular weight excluding hydrogens is 172 g/mol. The molecule has 0 fully saturated rings. The highest BCUT2D eigenvalue weighted by molar-refractivity contribution is 5.82. The van der Waals surface area contributed by atoms with Crippen molar-refractivity contribution in [1.82, 2.24) is 0 Å². The second-order valence-electron chi connectivity index (χ2n) is 4.23. The van der Waals surface area contributed by atoms with Crippen LogP contribution in [0.3, 0.4) is 0 Å². The molecule has 14 heavy (non-hydrogen) atoms. The lowest BCUT2D eigenvalue weighted by molar-refractivity contribution is 0.611. The molecular formula is C12H26N2. The van der Waals surface area contributed by atoms with Gasteiger partial charge in [0.25, 0.3) is 0 Å². The fraction of sp³-hybridized carbons (Fsp3) is 0.917. The monoisotopic (exact) mass is 198 g/mol. The van der Waals surface area contributed by atoms with Crippen LogP contribution in [-0.2, 0) is 0 Å². The fourth-order valence-corrected chi connectivity index (χ4v) is 1.28. The van der Waals surface area contributed by atoms with Crippen molar-refractivity contribution in [2.75, 3.05) is 6.54 Å². The van der Waals surface area contributed by atoms with Crippen LogP contribution in [0.4, 0.5) is 0 Å². The molecule has 0 aliphatic carbocycles. The maximum absolute atomic E-state index is 5.73. The first kappa shape index (κ1) is 13.5. The lowest BCUT2D eigenvalue weighted by atomic mass is 10.1. The molecule has 0 aromatic carbocycles. The highest BCUT2D eigenvalue weighted by Gasteiger charge is 1.97. The summed E-state index contributed by atoms with van der Waals surface area (Å²) >= 11 is 0. The summed E-state index contributed by atoms with van der Waals surface area (Å²) in [4.78, 5) is 4.34. The van der Waals surface area contributed by atoms with E-state index in [1.165, 1.54) is 38.5 Å². The summed E-state index contributed by atoms with van der Waals surface area (Å²) in [6, 6.07) is 0. The van der Waals surface area contributed by atoms with Gasteiger partial charge in [0.15, 0.2) is 0 Å². The van der Waals surface area contributed by atoms with Crippen molar-refractivity contribution in [2.45, 2.75) is 59.3 Å². The lowest BCUT2D eigenvalue weighted by Crippen LogP contribution is -2.19. The van der Waals surface area contributed by atoms with Crippen LogP contribution < -0.4 is 5.73 Å². The first-order valence-corrected chi connectivity index (χ1v) is 5.98. The van der Waals surface area contributed by atoms with E-state index in [0.717, 1.165) is 12.4 Å². The van der Waals surface area contributed by atoms with Crippen molar-refractivity contribution in [1.29, 1.82) is 0 Å². The molecule has 0 radical (unpaired) electrons. The summed E-state index contributed by atoms with van der Waals surface area (Å²) in [6.07, 6.45) is 7.91. The van der Waals surface area contributed by atoms with Gasteiger partial charge in [0.2, 0.25) is 0 Å². The van der Waals surface area contributed by atoms with Gasteiger partial charge in [-0.3, -0.25) is 4.99 Å². The van der Waals surface area contributed by atoms with Crippen LogP contribution in [-0.4, -0.2) is 12.4 Å². The van der Waals surface area contributed by atoms with Crippen molar-refractivity contribution in [3.8, 4) is 0 Å². The molecule has 0 saturated heterocycles. The van der Waals surface area contributed by atoms with E-state index in [0.29, 0.717) is 5.92 Å². The van der Waals surface area contributed by atoms with E-state index in [1.54, 1.807) is 0 Å². The van der Waals surface area contributed by atoms with Gasteiger partial charge < -0.3 is 5.73 Å². The molecule has 0 bridgehead atoms. The summed E-state index contributed by atoms with van der Waals surface area (Å²) in [5.74, 6) is 1.20. The largest absolute Gasteiger partial charge is 0.387 e. The van der Waals surface area contributed by atoms with Crippen LogP contribution >= 0.6 is 0 Å². The highest BCUT2D eigenvalue weighted by atomic mass is 14.8. The van der Waals surface area contributed by atoms with Crippen molar-refractivity contribution in [2.24, 2.45) is 16.6 Å². The van der Waals surface area contributed by atoms with Crippen LogP contribution in [0.5, 0.6) is 0 Å². The van der Waals surface area contributed by atoms with Gasteiger partial charge in [-0.2, -0.15) is 0 Å². The van der Waals surface area contributed by atoms with Gasteiger partial charge >= 0.3 is 0 Å². The summed E-state index contributed by atoms with van der Waals surface area (Å²) < 4.78 is 0. The summed E-state index contributed by atoms with van der Waals surface area (Å²) in [5.41, 5.74) is 5.73. The molecule has 0 heterocycles. The van der Waals surface area contributed by atoms with Gasteiger partial charge in [0.05, 0.1) is 5.84 Å². The zero-order chi connectivity index (χ0) is 10.8. The second kappa shape index (κ2) is 9.04. The number of hydrogen-bond acceptors (Lipinski definition) is 1. The predicted octanol–water partition coefficient (Wildman–Crippen LogP) is 3.36. The molecule has 0 amide bonds. The Kier molecular flexibility index (Phi) is 8.70. The van der Waals surface area contributed by atoms with Gasteiger partial charge in [0.1, 0.15) is 0 Å². The first-order chi connectivity index (χ1) is 6.68. The normalized spacial score (nSPS) is 12.4. The Morgan fingerprint density at radius 1 is 1.07 bits per heavy atom. The molecule has 0 saturated carbocycles. The summed E-state index contributed by atoms with van der Waals surface area (Å²) in [5, 5.41) is 0. The van der Waals surface area contributed by atoms with Crippen molar-refractivity contribution in [3.63, 3.8) is 0 Å².